The first kappa shape index (κ1) is 10.1. The van der Waals surface area contributed by atoms with Crippen molar-refractivity contribution in [1.82, 2.24) is 4.98 Å². The first-order chi connectivity index (χ1) is 7.90. The molecule has 1 aliphatic rings. The van der Waals surface area contributed by atoms with Crippen LogP contribution in [0, 0.1) is 0 Å². The number of alkyl halides is 1. The summed E-state index contributed by atoms with van der Waals surface area (Å²) in [6, 6.07) is 8.33. The van der Waals surface area contributed by atoms with Crippen LogP contribution in [0.25, 0.3) is 10.9 Å². The third-order valence-corrected chi connectivity index (χ3v) is 3.69. The Hall–Kier alpha value is -1.08. The summed E-state index contributed by atoms with van der Waals surface area (Å²) in [5.41, 5.74) is 5.10. The van der Waals surface area contributed by atoms with Crippen molar-refractivity contribution in [2.45, 2.75) is 31.6 Å². The minimum Gasteiger partial charge on any atom is -0.253 e. The number of hydrogen-bond donors (Lipinski definition) is 0. The molecular formula is C14H14ClN. The van der Waals surface area contributed by atoms with E-state index >= 15 is 0 Å². The third-order valence-electron chi connectivity index (χ3n) is 3.42. The van der Waals surface area contributed by atoms with Crippen LogP contribution in [0.4, 0.5) is 0 Å². The number of nitrogens with zero attached hydrogens (tertiary/aromatic N) is 1. The highest BCUT2D eigenvalue weighted by atomic mass is 35.5. The maximum Gasteiger partial charge on any atom is 0.0708 e. The van der Waals surface area contributed by atoms with Gasteiger partial charge in [0.25, 0.3) is 0 Å². The molecule has 1 nitrogen and oxygen atoms in total. The predicted octanol–water partition coefficient (Wildman–Crippen LogP) is 3.85. The molecule has 0 fully saturated rings. The lowest BCUT2D eigenvalue weighted by Crippen LogP contribution is -2.09. The lowest BCUT2D eigenvalue weighted by molar-refractivity contribution is 0.667. The van der Waals surface area contributed by atoms with Gasteiger partial charge in [0, 0.05) is 17.0 Å². The fourth-order valence-corrected chi connectivity index (χ4v) is 2.93. The third kappa shape index (κ3) is 1.51. The number of rotatable bonds is 1. The van der Waals surface area contributed by atoms with Gasteiger partial charge in [0.1, 0.15) is 0 Å². The number of hydrogen-bond acceptors (Lipinski definition) is 1. The second-order valence-electron chi connectivity index (χ2n) is 4.37. The maximum absolute atomic E-state index is 6.12. The van der Waals surface area contributed by atoms with Crippen molar-refractivity contribution in [3.8, 4) is 0 Å². The van der Waals surface area contributed by atoms with Crippen molar-refractivity contribution in [2.24, 2.45) is 0 Å². The Morgan fingerprint density at radius 3 is 2.81 bits per heavy atom. The number of benzene rings is 1. The standard InChI is InChI=1S/C14H14ClN/c15-9-12-10-5-1-3-7-13(10)16-14-8-4-2-6-11(12)14/h1,3,5,7H,2,4,6,8-9H2. The fourth-order valence-electron chi connectivity index (χ4n) is 2.62. The smallest absolute Gasteiger partial charge is 0.0708 e. The molecule has 1 aromatic carbocycles. The van der Waals surface area contributed by atoms with E-state index in [1.165, 1.54) is 35.0 Å². The Bertz CT molecular complexity index is 533. The lowest BCUT2D eigenvalue weighted by atomic mass is 9.90. The summed E-state index contributed by atoms with van der Waals surface area (Å²) in [7, 11) is 0. The largest absolute Gasteiger partial charge is 0.253 e. The average Bonchev–Trinajstić information content (AvgIpc) is 2.36. The van der Waals surface area contributed by atoms with Crippen molar-refractivity contribution in [2.75, 3.05) is 0 Å². The summed E-state index contributed by atoms with van der Waals surface area (Å²) < 4.78 is 0. The van der Waals surface area contributed by atoms with Gasteiger partial charge in [-0.3, -0.25) is 4.98 Å². The first-order valence-corrected chi connectivity index (χ1v) is 6.39. The lowest BCUT2D eigenvalue weighted by Gasteiger charge is -2.19. The molecule has 1 heterocycles. The molecule has 1 aliphatic carbocycles. The zero-order valence-electron chi connectivity index (χ0n) is 9.17. The predicted molar refractivity (Wildman–Crippen MR) is 67.9 cm³/mol. The summed E-state index contributed by atoms with van der Waals surface area (Å²) in [6.07, 6.45) is 4.80. The molecule has 2 aromatic rings. The molecule has 16 heavy (non-hydrogen) atoms. The van der Waals surface area contributed by atoms with Crippen LogP contribution in [-0.4, -0.2) is 4.98 Å². The second-order valence-corrected chi connectivity index (χ2v) is 4.64. The highest BCUT2D eigenvalue weighted by Gasteiger charge is 2.16. The Morgan fingerprint density at radius 1 is 1.12 bits per heavy atom. The Labute approximate surface area is 100 Å². The van der Waals surface area contributed by atoms with Gasteiger partial charge in [-0.25, -0.2) is 0 Å². The van der Waals surface area contributed by atoms with Crippen LogP contribution in [0.1, 0.15) is 29.7 Å². The number of pyridine rings is 1. The van der Waals surface area contributed by atoms with Gasteiger partial charge in [0.05, 0.1) is 5.52 Å². The van der Waals surface area contributed by atoms with E-state index < -0.39 is 0 Å². The van der Waals surface area contributed by atoms with Gasteiger partial charge >= 0.3 is 0 Å². The van der Waals surface area contributed by atoms with Crippen LogP contribution in [0.3, 0.4) is 0 Å². The number of halogens is 1. The van der Waals surface area contributed by atoms with Crippen LogP contribution < -0.4 is 0 Å². The molecule has 0 radical (unpaired) electrons. The zero-order valence-corrected chi connectivity index (χ0v) is 9.93. The molecule has 0 spiro atoms. The summed E-state index contributed by atoms with van der Waals surface area (Å²) in [4.78, 5) is 4.77. The summed E-state index contributed by atoms with van der Waals surface area (Å²) in [6.45, 7) is 0. The van der Waals surface area contributed by atoms with E-state index in [1.54, 1.807) is 0 Å². The second kappa shape index (κ2) is 4.06. The molecule has 0 N–H and O–H groups in total. The summed E-state index contributed by atoms with van der Waals surface area (Å²) in [5.74, 6) is 0.603. The number of fused-ring (bicyclic) bond motifs is 2. The van der Waals surface area contributed by atoms with Crippen molar-refractivity contribution in [3.05, 3.63) is 41.1 Å². The summed E-state index contributed by atoms with van der Waals surface area (Å²) >= 11 is 6.12. The molecule has 0 saturated carbocycles. The number of aryl methyl sites for hydroxylation is 1. The van der Waals surface area contributed by atoms with Gasteiger partial charge in [-0.2, -0.15) is 0 Å². The van der Waals surface area contributed by atoms with E-state index in [1.807, 2.05) is 6.07 Å². The first-order valence-electron chi connectivity index (χ1n) is 5.85. The molecular weight excluding hydrogens is 218 g/mol. The highest BCUT2D eigenvalue weighted by molar-refractivity contribution is 6.18. The van der Waals surface area contributed by atoms with Gasteiger partial charge in [-0.15, -0.1) is 11.6 Å². The van der Waals surface area contributed by atoms with Gasteiger partial charge < -0.3 is 0 Å². The van der Waals surface area contributed by atoms with Crippen molar-refractivity contribution >= 4 is 22.5 Å². The molecule has 82 valence electrons. The van der Waals surface area contributed by atoms with E-state index in [-0.39, 0.29) is 0 Å². The zero-order chi connectivity index (χ0) is 11.0. The van der Waals surface area contributed by atoms with Crippen LogP contribution in [0.5, 0.6) is 0 Å². The van der Waals surface area contributed by atoms with Crippen LogP contribution in [-0.2, 0) is 18.7 Å². The summed E-state index contributed by atoms with van der Waals surface area (Å²) in [5, 5.41) is 1.23. The van der Waals surface area contributed by atoms with Gasteiger partial charge in [-0.1, -0.05) is 18.2 Å². The monoisotopic (exact) mass is 231 g/mol. The van der Waals surface area contributed by atoms with Crippen molar-refractivity contribution in [1.29, 1.82) is 0 Å². The Kier molecular flexibility index (Phi) is 2.56. The molecule has 0 amide bonds. The minimum absolute atomic E-state index is 0.603. The fraction of sp³-hybridized carbons (Fsp3) is 0.357. The highest BCUT2D eigenvalue weighted by Crippen LogP contribution is 2.29. The molecule has 2 heteroatoms. The van der Waals surface area contributed by atoms with Gasteiger partial charge in [0.15, 0.2) is 0 Å². The molecule has 3 rings (SSSR count). The average molecular weight is 232 g/mol. The van der Waals surface area contributed by atoms with Gasteiger partial charge in [-0.05, 0) is 42.9 Å². The number of para-hydroxylation sites is 1. The van der Waals surface area contributed by atoms with Crippen molar-refractivity contribution < 1.29 is 0 Å². The van der Waals surface area contributed by atoms with Crippen molar-refractivity contribution in [3.63, 3.8) is 0 Å². The van der Waals surface area contributed by atoms with E-state index in [0.717, 1.165) is 18.4 Å². The SMILES string of the molecule is ClCc1c2c(nc3ccccc13)CCCC2. The number of aromatic nitrogens is 1. The Morgan fingerprint density at radius 2 is 1.94 bits per heavy atom. The quantitative estimate of drug-likeness (QED) is 0.680. The van der Waals surface area contributed by atoms with Crippen LogP contribution in [0.2, 0.25) is 0 Å². The molecule has 0 bridgehead atoms. The van der Waals surface area contributed by atoms with E-state index in [4.69, 9.17) is 16.6 Å². The normalized spacial score (nSPS) is 15.1. The van der Waals surface area contributed by atoms with E-state index in [2.05, 4.69) is 18.2 Å². The molecule has 0 aliphatic heterocycles. The van der Waals surface area contributed by atoms with Crippen LogP contribution >= 0.6 is 11.6 Å². The Balaban J connectivity index is 2.35. The molecule has 1 aromatic heterocycles. The topological polar surface area (TPSA) is 12.9 Å². The maximum atomic E-state index is 6.12. The molecule has 0 unspecified atom stereocenters. The van der Waals surface area contributed by atoms with E-state index in [0.29, 0.717) is 5.88 Å². The van der Waals surface area contributed by atoms with Gasteiger partial charge in [0.2, 0.25) is 0 Å². The minimum atomic E-state index is 0.603. The molecule has 0 saturated heterocycles. The van der Waals surface area contributed by atoms with E-state index in [9.17, 15) is 0 Å². The molecule has 0 atom stereocenters. The van der Waals surface area contributed by atoms with Crippen LogP contribution in [0.15, 0.2) is 24.3 Å².